The molecule has 8 heteroatoms. The van der Waals surface area contributed by atoms with Crippen LogP contribution < -0.4 is 10.1 Å². The summed E-state index contributed by atoms with van der Waals surface area (Å²) in [6.07, 6.45) is 9.61. The Morgan fingerprint density at radius 3 is 2.83 bits per heavy atom. The fourth-order valence-corrected chi connectivity index (χ4v) is 3.90. The van der Waals surface area contributed by atoms with Crippen LogP contribution in [0.15, 0.2) is 66.4 Å². The van der Waals surface area contributed by atoms with Crippen LogP contribution in [-0.2, 0) is 16.1 Å². The van der Waals surface area contributed by atoms with Crippen LogP contribution in [-0.4, -0.2) is 55.2 Å². The topological polar surface area (TPSA) is 63.7 Å². The van der Waals surface area contributed by atoms with Gasteiger partial charge in [0.2, 0.25) is 11.8 Å². The number of aromatic nitrogens is 1. The Hall–Kier alpha value is -3.36. The van der Waals surface area contributed by atoms with E-state index in [1.807, 2.05) is 18.2 Å². The summed E-state index contributed by atoms with van der Waals surface area (Å²) in [5.41, 5.74) is 2.64. The predicted molar refractivity (Wildman–Crippen MR) is 130 cm³/mol. The van der Waals surface area contributed by atoms with E-state index in [1.165, 1.54) is 24.4 Å². The Balaban J connectivity index is 1.30. The van der Waals surface area contributed by atoms with Crippen molar-refractivity contribution in [3.8, 4) is 5.88 Å². The molecule has 2 aromatic rings. The summed E-state index contributed by atoms with van der Waals surface area (Å²) in [6, 6.07) is 7.43. The Morgan fingerprint density at radius 2 is 2.03 bits per heavy atom. The Morgan fingerprint density at radius 1 is 1.17 bits per heavy atom. The second-order valence-electron chi connectivity index (χ2n) is 8.44. The maximum atomic E-state index is 14.8. The molecule has 0 atom stereocenters. The number of benzene rings is 1. The van der Waals surface area contributed by atoms with Crippen molar-refractivity contribution in [3.63, 3.8) is 0 Å². The number of ether oxygens (including phenoxy) is 2. The summed E-state index contributed by atoms with van der Waals surface area (Å²) in [4.78, 5) is 18.8. The molecule has 1 fully saturated rings. The maximum absolute atomic E-state index is 14.8. The van der Waals surface area contributed by atoms with Gasteiger partial charge < -0.3 is 14.8 Å². The van der Waals surface area contributed by atoms with Crippen LogP contribution in [0.2, 0.25) is 0 Å². The molecule has 0 bridgehead atoms. The van der Waals surface area contributed by atoms with Crippen molar-refractivity contribution in [1.82, 2.24) is 15.2 Å². The quantitative estimate of drug-likeness (QED) is 0.586. The van der Waals surface area contributed by atoms with Gasteiger partial charge in [-0.1, -0.05) is 42.0 Å². The highest BCUT2D eigenvalue weighted by Gasteiger charge is 2.13. The SMILES string of the molecule is O=C(CC1=CC=C(c2cnc(OCCN3CCOCC3)cc2F)C=CC1)NCc1cccc(F)c1. The fraction of sp³-hybridized carbons (Fsp3) is 0.333. The molecule has 2 aliphatic rings. The molecule has 35 heavy (non-hydrogen) atoms. The lowest BCUT2D eigenvalue weighted by atomic mass is 10.1. The van der Waals surface area contributed by atoms with Crippen molar-refractivity contribution in [2.75, 3.05) is 39.5 Å². The molecule has 0 saturated carbocycles. The van der Waals surface area contributed by atoms with Crippen LogP contribution in [0, 0.1) is 11.6 Å². The zero-order chi connectivity index (χ0) is 24.5. The van der Waals surface area contributed by atoms with Gasteiger partial charge in [0, 0.05) is 50.4 Å². The summed E-state index contributed by atoms with van der Waals surface area (Å²) in [5, 5.41) is 2.81. The standard InChI is InChI=1S/C27H29F2N3O3/c28-23-6-2-4-21(15-23)18-30-26(33)16-20-3-1-5-22(8-7-20)24-19-31-27(17-25(24)29)35-14-11-32-9-12-34-13-10-32/h1-2,4-8,15,17,19H,3,9-14,16,18H2,(H,30,33). The zero-order valence-corrected chi connectivity index (χ0v) is 19.5. The predicted octanol–water partition coefficient (Wildman–Crippen LogP) is 4.05. The maximum Gasteiger partial charge on any atom is 0.224 e. The van der Waals surface area contributed by atoms with Gasteiger partial charge in [-0.15, -0.1) is 0 Å². The van der Waals surface area contributed by atoms with Gasteiger partial charge in [0.1, 0.15) is 18.2 Å². The second-order valence-corrected chi connectivity index (χ2v) is 8.44. The summed E-state index contributed by atoms with van der Waals surface area (Å²) in [7, 11) is 0. The first-order valence-electron chi connectivity index (χ1n) is 11.7. The van der Waals surface area contributed by atoms with Gasteiger partial charge in [-0.2, -0.15) is 0 Å². The van der Waals surface area contributed by atoms with Crippen LogP contribution in [0.4, 0.5) is 8.78 Å². The molecule has 1 aromatic carbocycles. The lowest BCUT2D eigenvalue weighted by Crippen LogP contribution is -2.38. The number of amides is 1. The third kappa shape index (κ3) is 7.56. The molecule has 2 heterocycles. The van der Waals surface area contributed by atoms with Gasteiger partial charge in [0.25, 0.3) is 0 Å². The first-order valence-corrected chi connectivity index (χ1v) is 11.7. The van der Waals surface area contributed by atoms with Gasteiger partial charge in [0.05, 0.1) is 13.2 Å². The minimum absolute atomic E-state index is 0.155. The normalized spacial score (nSPS) is 16.3. The van der Waals surface area contributed by atoms with Gasteiger partial charge in [-0.25, -0.2) is 13.8 Å². The van der Waals surface area contributed by atoms with E-state index in [-0.39, 0.29) is 30.6 Å². The lowest BCUT2D eigenvalue weighted by Gasteiger charge is -2.26. The van der Waals surface area contributed by atoms with Crippen molar-refractivity contribution < 1.29 is 23.0 Å². The highest BCUT2D eigenvalue weighted by molar-refractivity contribution is 5.80. The molecular weight excluding hydrogens is 452 g/mol. The van der Waals surface area contributed by atoms with Gasteiger partial charge >= 0.3 is 0 Å². The van der Waals surface area contributed by atoms with Crippen LogP contribution in [0.25, 0.3) is 5.57 Å². The van der Waals surface area contributed by atoms with Crippen molar-refractivity contribution in [3.05, 3.63) is 89.2 Å². The van der Waals surface area contributed by atoms with Crippen LogP contribution in [0.1, 0.15) is 24.0 Å². The number of allylic oxidation sites excluding steroid dienone is 5. The number of nitrogens with one attached hydrogen (secondary N) is 1. The number of carbonyl (C=O) groups excluding carboxylic acids is 1. The number of hydrogen-bond acceptors (Lipinski definition) is 5. The van der Waals surface area contributed by atoms with Crippen molar-refractivity contribution in [2.45, 2.75) is 19.4 Å². The minimum atomic E-state index is -0.415. The molecule has 0 unspecified atom stereocenters. The van der Waals surface area contributed by atoms with E-state index in [2.05, 4.69) is 15.2 Å². The number of nitrogens with zero attached hydrogens (tertiary/aromatic N) is 2. The molecule has 1 aliphatic carbocycles. The van der Waals surface area contributed by atoms with Crippen LogP contribution in [0.5, 0.6) is 5.88 Å². The number of halogens is 2. The number of pyridine rings is 1. The van der Waals surface area contributed by atoms with Gasteiger partial charge in [0.15, 0.2) is 0 Å². The zero-order valence-electron chi connectivity index (χ0n) is 19.5. The average molecular weight is 482 g/mol. The van der Waals surface area contributed by atoms with E-state index >= 15 is 0 Å². The van der Waals surface area contributed by atoms with Crippen LogP contribution in [0.3, 0.4) is 0 Å². The summed E-state index contributed by atoms with van der Waals surface area (Å²) in [6.45, 7) is 4.62. The number of carbonyl (C=O) groups is 1. The summed E-state index contributed by atoms with van der Waals surface area (Å²) >= 11 is 0. The second kappa shape index (κ2) is 12.4. The van der Waals surface area contributed by atoms with E-state index in [9.17, 15) is 13.6 Å². The number of morpholine rings is 1. The van der Waals surface area contributed by atoms with Crippen LogP contribution >= 0.6 is 0 Å². The molecule has 6 nitrogen and oxygen atoms in total. The largest absolute Gasteiger partial charge is 0.476 e. The first kappa shape index (κ1) is 24.8. The molecule has 4 rings (SSSR count). The molecular formula is C27H29F2N3O3. The average Bonchev–Trinajstić information content (AvgIpc) is 3.09. The van der Waals surface area contributed by atoms with Crippen molar-refractivity contribution >= 4 is 11.5 Å². The molecule has 1 saturated heterocycles. The van der Waals surface area contributed by atoms with E-state index in [0.29, 0.717) is 29.7 Å². The van der Waals surface area contributed by atoms with E-state index in [0.717, 1.165) is 38.4 Å². The molecule has 1 N–H and O–H groups in total. The first-order chi connectivity index (χ1) is 17.1. The third-order valence-electron chi connectivity index (χ3n) is 5.84. The van der Waals surface area contributed by atoms with Crippen molar-refractivity contribution in [2.24, 2.45) is 0 Å². The molecule has 1 aromatic heterocycles. The Bertz CT molecular complexity index is 1120. The fourth-order valence-electron chi connectivity index (χ4n) is 3.90. The monoisotopic (exact) mass is 481 g/mol. The number of hydrogen-bond donors (Lipinski definition) is 1. The molecule has 0 radical (unpaired) electrons. The number of rotatable bonds is 9. The molecule has 184 valence electrons. The van der Waals surface area contributed by atoms with Crippen molar-refractivity contribution in [1.29, 1.82) is 0 Å². The van der Waals surface area contributed by atoms with E-state index in [1.54, 1.807) is 18.2 Å². The Labute approximate surface area is 203 Å². The van der Waals surface area contributed by atoms with Gasteiger partial charge in [-0.05, 0) is 29.7 Å². The smallest absolute Gasteiger partial charge is 0.224 e. The lowest BCUT2D eigenvalue weighted by molar-refractivity contribution is -0.120. The Kier molecular flexibility index (Phi) is 8.75. The third-order valence-corrected chi connectivity index (χ3v) is 5.84. The molecule has 1 aliphatic heterocycles. The van der Waals surface area contributed by atoms with E-state index < -0.39 is 5.82 Å². The minimum Gasteiger partial charge on any atom is -0.476 e. The summed E-state index contributed by atoms with van der Waals surface area (Å²) in [5.74, 6) is -0.650. The van der Waals surface area contributed by atoms with E-state index in [4.69, 9.17) is 9.47 Å². The summed E-state index contributed by atoms with van der Waals surface area (Å²) < 4.78 is 39.1. The highest BCUT2D eigenvalue weighted by Crippen LogP contribution is 2.25. The molecule has 1 amide bonds. The van der Waals surface area contributed by atoms with Gasteiger partial charge in [-0.3, -0.25) is 9.69 Å². The molecule has 0 spiro atoms. The highest BCUT2D eigenvalue weighted by atomic mass is 19.1.